The number of nitrogens with zero attached hydrogens (tertiary/aromatic N) is 2. The average Bonchev–Trinajstić information content (AvgIpc) is 3.38. The fourth-order valence-electron chi connectivity index (χ4n) is 4.17. The third-order valence-corrected chi connectivity index (χ3v) is 7.06. The number of rotatable bonds is 5. The summed E-state index contributed by atoms with van der Waals surface area (Å²) in [5.74, 6) is -4.42. The second-order valence-corrected chi connectivity index (χ2v) is 9.16. The Morgan fingerprint density at radius 2 is 1.69 bits per heavy atom. The summed E-state index contributed by atoms with van der Waals surface area (Å²) >= 11 is 1.11. The lowest BCUT2D eigenvalue weighted by molar-refractivity contribution is -0.117. The van der Waals surface area contributed by atoms with E-state index in [9.17, 15) is 28.6 Å². The van der Waals surface area contributed by atoms with Gasteiger partial charge < -0.3 is 10.2 Å². The summed E-state index contributed by atoms with van der Waals surface area (Å²) < 4.78 is 28.4. The molecule has 1 aliphatic rings. The highest BCUT2D eigenvalue weighted by Gasteiger charge is 2.46. The van der Waals surface area contributed by atoms with E-state index >= 15 is 0 Å². The van der Waals surface area contributed by atoms with Crippen LogP contribution in [0.3, 0.4) is 0 Å². The van der Waals surface area contributed by atoms with E-state index in [4.69, 9.17) is 0 Å². The Kier molecular flexibility index (Phi) is 5.85. The number of phenolic OH excluding ortho intramolecular Hbond substituents is 1. The lowest BCUT2D eigenvalue weighted by Gasteiger charge is -2.27. The van der Waals surface area contributed by atoms with Gasteiger partial charge in [0.15, 0.2) is 5.76 Å². The van der Waals surface area contributed by atoms with Crippen molar-refractivity contribution in [2.75, 3.05) is 4.90 Å². The van der Waals surface area contributed by atoms with Crippen molar-refractivity contribution in [3.63, 3.8) is 0 Å². The van der Waals surface area contributed by atoms with Crippen LogP contribution in [0.2, 0.25) is 0 Å². The van der Waals surface area contributed by atoms with Crippen molar-refractivity contribution in [3.05, 3.63) is 112 Å². The highest BCUT2D eigenvalue weighted by atomic mass is 32.1. The first-order valence-corrected chi connectivity index (χ1v) is 11.7. The van der Waals surface area contributed by atoms with Gasteiger partial charge in [0.25, 0.3) is 5.91 Å². The molecular weight excluding hydrogens is 486 g/mol. The normalized spacial score (nSPS) is 15.6. The molecule has 0 saturated heterocycles. The Bertz CT molecular complexity index is 1530. The number of ketones is 1. The number of aryl methyl sites for hydroxylation is 1. The van der Waals surface area contributed by atoms with Gasteiger partial charge in [0.1, 0.15) is 22.4 Å². The maximum atomic E-state index is 14.8. The number of hydrogen-bond acceptors (Lipinski definition) is 6. The van der Waals surface area contributed by atoms with Crippen molar-refractivity contribution in [2.24, 2.45) is 0 Å². The molecule has 5 rings (SSSR count). The van der Waals surface area contributed by atoms with E-state index in [2.05, 4.69) is 4.98 Å². The molecule has 2 heterocycles. The number of thiazole rings is 1. The van der Waals surface area contributed by atoms with E-state index in [0.29, 0.717) is 22.3 Å². The Labute approximate surface area is 208 Å². The van der Waals surface area contributed by atoms with Crippen molar-refractivity contribution in [1.82, 2.24) is 4.98 Å². The number of anilines is 1. The number of amides is 1. The highest BCUT2D eigenvalue weighted by molar-refractivity contribution is 7.17. The number of benzene rings is 3. The van der Waals surface area contributed by atoms with E-state index in [1.807, 2.05) is 30.3 Å². The maximum Gasteiger partial charge on any atom is 0.294 e. The topological polar surface area (TPSA) is 90.7 Å². The zero-order valence-corrected chi connectivity index (χ0v) is 19.6. The Morgan fingerprint density at radius 3 is 2.36 bits per heavy atom. The van der Waals surface area contributed by atoms with Crippen molar-refractivity contribution < 1.29 is 28.6 Å². The predicted molar refractivity (Wildman–Crippen MR) is 131 cm³/mol. The Morgan fingerprint density at radius 1 is 1.00 bits per heavy atom. The first kappa shape index (κ1) is 23.4. The minimum atomic E-state index is -1.23. The molecule has 0 radical (unpaired) electrons. The van der Waals surface area contributed by atoms with E-state index in [0.717, 1.165) is 33.9 Å². The van der Waals surface area contributed by atoms with Gasteiger partial charge in [0, 0.05) is 11.6 Å². The number of aromatic hydroxyl groups is 1. The van der Waals surface area contributed by atoms with Gasteiger partial charge >= 0.3 is 0 Å². The molecule has 1 aromatic heterocycles. The number of aliphatic hydroxyl groups excluding tert-OH is 1. The van der Waals surface area contributed by atoms with Gasteiger partial charge in [-0.3, -0.25) is 14.5 Å². The monoisotopic (exact) mass is 504 g/mol. The van der Waals surface area contributed by atoms with Crippen LogP contribution in [0.25, 0.3) is 10.6 Å². The molecule has 1 amide bonds. The van der Waals surface area contributed by atoms with E-state index in [1.165, 1.54) is 24.3 Å². The van der Waals surface area contributed by atoms with Crippen LogP contribution in [0.15, 0.2) is 84.1 Å². The largest absolute Gasteiger partial charge is 0.508 e. The van der Waals surface area contributed by atoms with Gasteiger partial charge in [0.2, 0.25) is 5.78 Å². The standard InChI is InChI=1S/C27H18F2N2O4S/c1-14-25(36-26(30-14)16-5-3-2-4-6-16)23(33)21-22(15-7-10-18(32)11-8-15)31(27(35)24(21)34)20-12-9-17(28)13-19(20)29/h2-13,22,32,34H,1H3. The number of aliphatic hydroxyl groups is 1. The minimum absolute atomic E-state index is 0.0607. The molecule has 9 heteroatoms. The van der Waals surface area contributed by atoms with Crippen molar-refractivity contribution in [2.45, 2.75) is 13.0 Å². The number of carbonyl (C=O) groups excluding carboxylic acids is 2. The third-order valence-electron chi connectivity index (χ3n) is 5.85. The summed E-state index contributed by atoms with van der Waals surface area (Å²) in [6.07, 6.45) is 0. The number of halogens is 2. The molecular formula is C27H18F2N2O4S. The van der Waals surface area contributed by atoms with Crippen LogP contribution < -0.4 is 4.90 Å². The lowest BCUT2D eigenvalue weighted by atomic mass is 9.94. The van der Waals surface area contributed by atoms with E-state index < -0.39 is 35.1 Å². The maximum absolute atomic E-state index is 14.8. The van der Waals surface area contributed by atoms with Gasteiger partial charge in [-0.2, -0.15) is 0 Å². The van der Waals surface area contributed by atoms with Crippen LogP contribution in [-0.2, 0) is 4.79 Å². The smallest absolute Gasteiger partial charge is 0.294 e. The number of carbonyl (C=O) groups is 2. The summed E-state index contributed by atoms with van der Waals surface area (Å²) in [5.41, 5.74) is 0.978. The van der Waals surface area contributed by atoms with Crippen LogP contribution in [0.4, 0.5) is 14.5 Å². The molecule has 2 N–H and O–H groups in total. The van der Waals surface area contributed by atoms with Gasteiger partial charge in [-0.1, -0.05) is 42.5 Å². The highest BCUT2D eigenvalue weighted by Crippen LogP contribution is 2.44. The first-order chi connectivity index (χ1) is 17.3. The second-order valence-electron chi connectivity index (χ2n) is 8.16. The molecule has 36 heavy (non-hydrogen) atoms. The predicted octanol–water partition coefficient (Wildman–Crippen LogP) is 5.89. The zero-order valence-electron chi connectivity index (χ0n) is 18.8. The van der Waals surface area contributed by atoms with E-state index in [1.54, 1.807) is 6.92 Å². The molecule has 6 nitrogen and oxygen atoms in total. The lowest BCUT2D eigenvalue weighted by Crippen LogP contribution is -2.31. The molecule has 0 saturated carbocycles. The molecule has 0 spiro atoms. The first-order valence-electron chi connectivity index (χ1n) is 10.8. The molecule has 1 aliphatic heterocycles. The van der Waals surface area contributed by atoms with Crippen LogP contribution in [0.5, 0.6) is 5.75 Å². The molecule has 1 unspecified atom stereocenters. The van der Waals surface area contributed by atoms with Crippen LogP contribution in [0.1, 0.15) is 27.0 Å². The van der Waals surface area contributed by atoms with Crippen molar-refractivity contribution in [1.29, 1.82) is 0 Å². The number of Topliss-reactive ketones (excluding diaryl/α,β-unsaturated/α-hetero) is 1. The van der Waals surface area contributed by atoms with Crippen LogP contribution >= 0.6 is 11.3 Å². The summed E-state index contributed by atoms with van der Waals surface area (Å²) in [6, 6.07) is 16.3. The Hall–Kier alpha value is -4.37. The van der Waals surface area contributed by atoms with Crippen LogP contribution in [-0.4, -0.2) is 26.9 Å². The van der Waals surface area contributed by atoms with Gasteiger partial charge in [-0.15, -0.1) is 11.3 Å². The number of aromatic nitrogens is 1. The summed E-state index contributed by atoms with van der Waals surface area (Å²) in [4.78, 5) is 32.6. The van der Waals surface area contributed by atoms with Gasteiger partial charge in [0.05, 0.1) is 27.9 Å². The molecule has 0 bridgehead atoms. The summed E-state index contributed by atoms with van der Waals surface area (Å²) in [7, 11) is 0. The number of phenols is 1. The van der Waals surface area contributed by atoms with Gasteiger partial charge in [-0.25, -0.2) is 13.8 Å². The minimum Gasteiger partial charge on any atom is -0.508 e. The molecule has 1 atom stereocenters. The van der Waals surface area contributed by atoms with Crippen molar-refractivity contribution in [3.8, 4) is 16.3 Å². The molecule has 180 valence electrons. The number of hydrogen-bond donors (Lipinski definition) is 2. The zero-order chi connectivity index (χ0) is 25.6. The van der Waals surface area contributed by atoms with E-state index in [-0.39, 0.29) is 21.9 Å². The second kappa shape index (κ2) is 9.01. The molecule has 3 aromatic carbocycles. The van der Waals surface area contributed by atoms with Crippen LogP contribution in [0, 0.1) is 18.6 Å². The fraction of sp³-hybridized carbons (Fsp3) is 0.0741. The fourth-order valence-corrected chi connectivity index (χ4v) is 5.19. The third kappa shape index (κ3) is 3.93. The Balaban J connectivity index is 1.65. The molecule has 0 aliphatic carbocycles. The molecule has 0 fully saturated rings. The summed E-state index contributed by atoms with van der Waals surface area (Å²) in [5, 5.41) is 21.2. The summed E-state index contributed by atoms with van der Waals surface area (Å²) in [6.45, 7) is 1.65. The van der Waals surface area contributed by atoms with Gasteiger partial charge in [-0.05, 0) is 36.8 Å². The molecule has 4 aromatic rings. The average molecular weight is 505 g/mol. The van der Waals surface area contributed by atoms with Crippen molar-refractivity contribution >= 4 is 28.7 Å². The SMILES string of the molecule is Cc1nc(-c2ccccc2)sc1C(=O)C1=C(O)C(=O)N(c2ccc(F)cc2F)C1c1ccc(O)cc1. The quantitative estimate of drug-likeness (QED) is 0.331.